The van der Waals surface area contributed by atoms with E-state index < -0.39 is 97.5 Å². The third-order valence-corrected chi connectivity index (χ3v) is 20.4. The van der Waals surface area contributed by atoms with E-state index in [1.165, 1.54) is 244 Å². The molecule has 0 rings (SSSR count). The topological polar surface area (TPSA) is 237 Å². The zero-order valence-corrected chi connectivity index (χ0v) is 65.7. The van der Waals surface area contributed by atoms with Crippen LogP contribution in [0.5, 0.6) is 0 Å². The van der Waals surface area contributed by atoms with Crippen molar-refractivity contribution in [1.82, 2.24) is 0 Å². The van der Waals surface area contributed by atoms with Crippen molar-refractivity contribution in [2.24, 2.45) is 5.92 Å². The normalized spacial score (nSPS) is 13.9. The lowest BCUT2D eigenvalue weighted by atomic mass is 10.0. The van der Waals surface area contributed by atoms with Gasteiger partial charge in [-0.3, -0.25) is 37.3 Å². The number of phosphoric ester groups is 2. The summed E-state index contributed by atoms with van der Waals surface area (Å²) in [5.74, 6) is -1.31. The van der Waals surface area contributed by atoms with E-state index in [4.69, 9.17) is 37.0 Å². The smallest absolute Gasteiger partial charge is 0.462 e. The van der Waals surface area contributed by atoms with Crippen molar-refractivity contribution in [2.75, 3.05) is 39.6 Å². The highest BCUT2D eigenvalue weighted by molar-refractivity contribution is 7.47. The van der Waals surface area contributed by atoms with Gasteiger partial charge in [-0.1, -0.05) is 369 Å². The molecule has 0 bridgehead atoms. The summed E-state index contributed by atoms with van der Waals surface area (Å²) in [6, 6.07) is 0. The van der Waals surface area contributed by atoms with Crippen molar-refractivity contribution in [3.63, 3.8) is 0 Å². The highest BCUT2D eigenvalue weighted by Crippen LogP contribution is 2.45. The second-order valence-corrected chi connectivity index (χ2v) is 31.8. The molecule has 0 spiro atoms. The Balaban J connectivity index is 5.22. The van der Waals surface area contributed by atoms with E-state index in [0.717, 1.165) is 95.8 Å². The van der Waals surface area contributed by atoms with Crippen LogP contribution in [0, 0.1) is 5.92 Å². The molecule has 0 amide bonds. The third kappa shape index (κ3) is 72.4. The lowest BCUT2D eigenvalue weighted by Gasteiger charge is -2.21. The summed E-state index contributed by atoms with van der Waals surface area (Å²) in [4.78, 5) is 72.9. The summed E-state index contributed by atoms with van der Waals surface area (Å²) >= 11 is 0. The summed E-state index contributed by atoms with van der Waals surface area (Å²) in [6.45, 7) is 7.33. The van der Waals surface area contributed by atoms with Gasteiger partial charge in [0, 0.05) is 25.7 Å². The van der Waals surface area contributed by atoms with Gasteiger partial charge in [-0.25, -0.2) is 9.13 Å². The number of phosphoric acid groups is 2. The molecule has 98 heavy (non-hydrogen) atoms. The summed E-state index contributed by atoms with van der Waals surface area (Å²) in [5, 5.41) is 10.6. The Morgan fingerprint density at radius 1 is 0.276 bits per heavy atom. The number of unbranched alkanes of at least 4 members (excludes halogenated alkanes) is 51. The minimum Gasteiger partial charge on any atom is -0.462 e. The first-order valence-electron chi connectivity index (χ1n) is 41.1. The molecule has 17 nitrogen and oxygen atoms in total. The first-order chi connectivity index (χ1) is 47.5. The maximum atomic E-state index is 13.1. The van der Waals surface area contributed by atoms with E-state index in [2.05, 4.69) is 34.6 Å². The molecule has 0 aromatic carbocycles. The number of hydrogen-bond acceptors (Lipinski definition) is 15. The predicted molar refractivity (Wildman–Crippen MR) is 400 cm³/mol. The quantitative estimate of drug-likeness (QED) is 0.0222. The van der Waals surface area contributed by atoms with Gasteiger partial charge >= 0.3 is 39.5 Å². The zero-order valence-electron chi connectivity index (χ0n) is 63.9. The fourth-order valence-electron chi connectivity index (χ4n) is 12.2. The molecule has 0 radical (unpaired) electrons. The van der Waals surface area contributed by atoms with Crippen LogP contribution in [0.2, 0.25) is 0 Å². The minimum atomic E-state index is -4.96. The van der Waals surface area contributed by atoms with E-state index in [1.807, 2.05) is 0 Å². The van der Waals surface area contributed by atoms with Gasteiger partial charge in [0.05, 0.1) is 26.4 Å². The molecule has 19 heteroatoms. The molecule has 0 saturated heterocycles. The van der Waals surface area contributed by atoms with Crippen molar-refractivity contribution in [2.45, 2.75) is 438 Å². The molecule has 0 aliphatic heterocycles. The molecule has 0 saturated carbocycles. The van der Waals surface area contributed by atoms with Gasteiger partial charge in [-0.05, 0) is 31.6 Å². The fraction of sp³-hybridized carbons (Fsp3) is 0.949. The monoisotopic (exact) mass is 1440 g/mol. The minimum absolute atomic E-state index is 0.108. The van der Waals surface area contributed by atoms with Gasteiger partial charge in [-0.15, -0.1) is 0 Å². The van der Waals surface area contributed by atoms with E-state index in [0.29, 0.717) is 25.7 Å². The molecular formula is C79H154O17P2. The van der Waals surface area contributed by atoms with Crippen LogP contribution in [0.25, 0.3) is 0 Å². The Bertz CT molecular complexity index is 1870. The Labute approximate surface area is 600 Å². The molecule has 582 valence electrons. The number of ether oxygens (including phenoxy) is 4. The van der Waals surface area contributed by atoms with Crippen molar-refractivity contribution >= 4 is 39.5 Å². The Kier molecular flexibility index (Phi) is 70.6. The first kappa shape index (κ1) is 96.1. The highest BCUT2D eigenvalue weighted by atomic mass is 31.2. The standard InChI is InChI=1S/C79H154O17P2/c1-6-9-12-15-18-21-23-25-27-29-34-38-43-48-53-58-63-77(82)90-69-75(96-79(84)65-60-55-50-45-40-36-32-31-33-37-42-46-51-56-61-72(4)5)71-94-98(87,88)92-67-73(80)66-91-97(85,86)93-70-74(68-89-76(81)62-57-52-47-41-20-17-14-11-8-3)95-78(83)64-59-54-49-44-39-35-30-28-26-24-22-19-16-13-10-7-2/h72-75,80H,6-71H2,1-5H3,(H,85,86)(H,87,88)/t73-,74+,75+/m0/s1. The van der Waals surface area contributed by atoms with Gasteiger partial charge in [0.2, 0.25) is 0 Å². The molecule has 0 heterocycles. The predicted octanol–water partition coefficient (Wildman–Crippen LogP) is 23.6. The fourth-order valence-corrected chi connectivity index (χ4v) is 13.8. The van der Waals surface area contributed by atoms with E-state index >= 15 is 0 Å². The number of carbonyl (C=O) groups excluding carboxylic acids is 4. The van der Waals surface area contributed by atoms with Gasteiger partial charge < -0.3 is 33.8 Å². The average Bonchev–Trinajstić information content (AvgIpc) is 1.09. The van der Waals surface area contributed by atoms with Gasteiger partial charge in [0.1, 0.15) is 19.3 Å². The van der Waals surface area contributed by atoms with Crippen LogP contribution in [0.15, 0.2) is 0 Å². The van der Waals surface area contributed by atoms with Crippen LogP contribution in [-0.2, 0) is 65.4 Å². The third-order valence-electron chi connectivity index (χ3n) is 18.5. The summed E-state index contributed by atoms with van der Waals surface area (Å²) in [5.41, 5.74) is 0. The number of carbonyl (C=O) groups is 4. The summed E-state index contributed by atoms with van der Waals surface area (Å²) in [7, 11) is -9.91. The zero-order chi connectivity index (χ0) is 71.9. The van der Waals surface area contributed by atoms with Crippen molar-refractivity contribution in [3.05, 3.63) is 0 Å². The molecular weight excluding hydrogens is 1280 g/mol. The SMILES string of the molecule is CCCCCCCCCCCCCCCCCCC(=O)OC[C@H](COP(=O)(O)OC[C@@H](O)COP(=O)(O)OC[C@@H](COC(=O)CCCCCCCCCCC)OC(=O)CCCCCCCCCCCCCCCCCC)OC(=O)CCCCCCCCCCCCCCCCC(C)C. The molecule has 0 aliphatic carbocycles. The first-order valence-corrected chi connectivity index (χ1v) is 44.1. The molecule has 3 N–H and O–H groups in total. The van der Waals surface area contributed by atoms with E-state index in [9.17, 15) is 43.2 Å². The second-order valence-electron chi connectivity index (χ2n) is 28.9. The van der Waals surface area contributed by atoms with E-state index in [-0.39, 0.29) is 25.7 Å². The largest absolute Gasteiger partial charge is 0.472 e. The van der Waals surface area contributed by atoms with Gasteiger partial charge in [0.25, 0.3) is 0 Å². The van der Waals surface area contributed by atoms with Crippen molar-refractivity contribution in [1.29, 1.82) is 0 Å². The highest BCUT2D eigenvalue weighted by Gasteiger charge is 2.30. The molecule has 0 aliphatic rings. The maximum Gasteiger partial charge on any atom is 0.472 e. The summed E-state index contributed by atoms with van der Waals surface area (Å²) in [6.07, 6.45) is 62.3. The van der Waals surface area contributed by atoms with Crippen molar-refractivity contribution in [3.8, 4) is 0 Å². The van der Waals surface area contributed by atoms with Crippen LogP contribution in [0.3, 0.4) is 0 Å². The van der Waals surface area contributed by atoms with Crippen molar-refractivity contribution < 1.29 is 80.2 Å². The van der Waals surface area contributed by atoms with Crippen LogP contribution in [0.1, 0.15) is 420 Å². The molecule has 0 fully saturated rings. The Morgan fingerprint density at radius 3 is 0.694 bits per heavy atom. The van der Waals surface area contributed by atoms with E-state index in [1.54, 1.807) is 0 Å². The van der Waals surface area contributed by atoms with Gasteiger partial charge in [0.15, 0.2) is 12.2 Å². The molecule has 2 unspecified atom stereocenters. The summed E-state index contributed by atoms with van der Waals surface area (Å²) < 4.78 is 68.6. The van der Waals surface area contributed by atoms with Gasteiger partial charge in [-0.2, -0.15) is 0 Å². The number of esters is 4. The Morgan fingerprint density at radius 2 is 0.469 bits per heavy atom. The van der Waals surface area contributed by atoms with Crippen LogP contribution < -0.4 is 0 Å². The number of aliphatic hydroxyl groups excluding tert-OH is 1. The lowest BCUT2D eigenvalue weighted by Crippen LogP contribution is -2.30. The molecule has 0 aromatic rings. The van der Waals surface area contributed by atoms with Crippen LogP contribution in [-0.4, -0.2) is 96.7 Å². The van der Waals surface area contributed by atoms with Crippen LogP contribution in [0.4, 0.5) is 0 Å². The maximum absolute atomic E-state index is 13.1. The number of hydrogen-bond donors (Lipinski definition) is 3. The lowest BCUT2D eigenvalue weighted by molar-refractivity contribution is -0.161. The molecule has 0 aromatic heterocycles. The Hall–Kier alpha value is -1.94. The molecule has 5 atom stereocenters. The second kappa shape index (κ2) is 72.0. The number of rotatable bonds is 79. The van der Waals surface area contributed by atoms with Crippen LogP contribution >= 0.6 is 15.6 Å². The average molecular weight is 1440 g/mol. The number of aliphatic hydroxyl groups is 1.